The average Bonchev–Trinajstić information content (AvgIpc) is 2.68. The molecule has 0 fully saturated rings. The summed E-state index contributed by atoms with van der Waals surface area (Å²) in [4.78, 5) is 44.6. The van der Waals surface area contributed by atoms with E-state index in [2.05, 4.69) is 32.6 Å². The number of alkyl carbamates (subject to hydrolysis) is 2. The lowest BCUT2D eigenvalue weighted by molar-refractivity contribution is -0.146. The molecule has 3 unspecified atom stereocenters. The third-order valence-corrected chi connectivity index (χ3v) is 6.07. The van der Waals surface area contributed by atoms with Gasteiger partial charge in [0.1, 0.15) is 23.3 Å². The summed E-state index contributed by atoms with van der Waals surface area (Å²) >= 11 is 2.49. The second-order valence-corrected chi connectivity index (χ2v) is 14.4. The van der Waals surface area contributed by atoms with E-state index in [1.807, 2.05) is 5.32 Å². The quantitative estimate of drug-likeness (QED) is 0.0742. The van der Waals surface area contributed by atoms with Crippen molar-refractivity contribution < 1.29 is 57.6 Å². The molecule has 10 nitrogen and oxygen atoms in total. The molecule has 3 atom stereocenters. The van der Waals surface area contributed by atoms with Gasteiger partial charge in [0.25, 0.3) is 10.2 Å². The van der Waals surface area contributed by atoms with Crippen LogP contribution in [0.5, 0.6) is 0 Å². The fourth-order valence-corrected chi connectivity index (χ4v) is 5.34. The number of ether oxygens (including phenoxy) is 4. The van der Waals surface area contributed by atoms with Crippen molar-refractivity contribution in [2.45, 2.75) is 96.3 Å². The molecular formula is C24H42BrF5N2O8S. The van der Waals surface area contributed by atoms with Crippen molar-refractivity contribution in [1.29, 1.82) is 0 Å². The summed E-state index contributed by atoms with van der Waals surface area (Å²) in [5.41, 5.74) is -1.52. The molecule has 0 spiro atoms. The summed E-state index contributed by atoms with van der Waals surface area (Å²) in [6, 6.07) is -2.31. The van der Waals surface area contributed by atoms with Crippen molar-refractivity contribution in [2.75, 3.05) is 19.0 Å². The number of hydrogen-bond donors (Lipinski definition) is 2. The number of halogens is 6. The third kappa shape index (κ3) is 25.2. The lowest BCUT2D eigenvalue weighted by Gasteiger charge is -2.42. The lowest BCUT2D eigenvalue weighted by Crippen LogP contribution is -2.46. The number of amides is 2. The summed E-state index contributed by atoms with van der Waals surface area (Å²) < 4.78 is 81.9. The molecule has 244 valence electrons. The van der Waals surface area contributed by atoms with E-state index in [9.17, 15) is 38.6 Å². The van der Waals surface area contributed by atoms with Crippen LogP contribution in [0.15, 0.2) is 12.7 Å². The average molecular weight is 694 g/mol. The van der Waals surface area contributed by atoms with E-state index in [0.29, 0.717) is 6.42 Å². The van der Waals surface area contributed by atoms with E-state index in [4.69, 9.17) is 14.2 Å². The molecule has 0 aromatic carbocycles. The molecule has 2 amide bonds. The second-order valence-electron chi connectivity index (χ2n) is 10.6. The van der Waals surface area contributed by atoms with Crippen LogP contribution >= 0.6 is 26.2 Å². The number of nitrogens with one attached hydrogen (secondary N) is 2. The number of alkyl halides is 1. The van der Waals surface area contributed by atoms with Crippen molar-refractivity contribution in [3.05, 3.63) is 12.7 Å². The zero-order valence-electron chi connectivity index (χ0n) is 24.5. The van der Waals surface area contributed by atoms with E-state index < -0.39 is 74.6 Å². The van der Waals surface area contributed by atoms with Crippen LogP contribution in [0.4, 0.5) is 29.0 Å². The Morgan fingerprint density at radius 3 is 1.49 bits per heavy atom. The Bertz CT molecular complexity index is 909. The van der Waals surface area contributed by atoms with Crippen LogP contribution < -0.4 is 10.6 Å². The van der Waals surface area contributed by atoms with Gasteiger partial charge in [-0.05, 0) is 68.2 Å². The molecule has 0 aliphatic heterocycles. The zero-order valence-corrected chi connectivity index (χ0v) is 26.9. The molecular weight excluding hydrogens is 651 g/mol. The maximum absolute atomic E-state index is 12.5. The van der Waals surface area contributed by atoms with Crippen molar-refractivity contribution in [3.8, 4) is 0 Å². The number of hydrogen-bond acceptors (Lipinski definition) is 8. The summed E-state index contributed by atoms with van der Waals surface area (Å²) in [6.07, 6.45) is -0.620. The molecule has 0 saturated heterocycles. The monoisotopic (exact) mass is 692 g/mol. The van der Waals surface area contributed by atoms with Gasteiger partial charge in [0.15, 0.2) is 0 Å². The van der Waals surface area contributed by atoms with Gasteiger partial charge in [-0.1, -0.05) is 41.4 Å². The Morgan fingerprint density at radius 1 is 0.805 bits per heavy atom. The van der Waals surface area contributed by atoms with Crippen molar-refractivity contribution >= 4 is 50.3 Å². The summed E-state index contributed by atoms with van der Waals surface area (Å²) in [5.74, 6) is -3.94. The van der Waals surface area contributed by atoms with Crippen LogP contribution in [0, 0.1) is 0 Å². The highest BCUT2D eigenvalue weighted by molar-refractivity contribution is 9.09. The minimum atomic E-state index is -9.66. The predicted molar refractivity (Wildman–Crippen MR) is 150 cm³/mol. The van der Waals surface area contributed by atoms with Crippen LogP contribution in [-0.4, -0.2) is 71.2 Å². The Labute approximate surface area is 246 Å². The zero-order chi connectivity index (χ0) is 32.9. The summed E-state index contributed by atoms with van der Waals surface area (Å²) in [7, 11) is -9.66. The Kier molecular flexibility index (Phi) is 15.2. The molecule has 0 aliphatic carbocycles. The van der Waals surface area contributed by atoms with E-state index >= 15 is 0 Å². The first-order valence-electron chi connectivity index (χ1n) is 12.4. The smallest absolute Gasteiger partial charge is 0.408 e. The van der Waals surface area contributed by atoms with E-state index in [1.54, 1.807) is 33.8 Å². The molecule has 41 heavy (non-hydrogen) atoms. The standard InChI is InChI=1S/C12H21BrF5NO4S.C12H21NO4/c1-5-22-10(20)9(19-11(21)23-12(2,3)4)6-8(13)7-24(14,15,16,17)18;1-6-8-9(10(14)16-7-2)13-11(15)17-12(3,4)5/h8-9H,5-7H2,1-4H3,(H,19,21);6,9H,1,7-8H2,2-5H3,(H,13,15). The van der Waals surface area contributed by atoms with Crippen LogP contribution in [0.3, 0.4) is 0 Å². The van der Waals surface area contributed by atoms with E-state index in [-0.39, 0.29) is 13.2 Å². The van der Waals surface area contributed by atoms with Crippen molar-refractivity contribution in [3.63, 3.8) is 0 Å². The van der Waals surface area contributed by atoms with Crippen LogP contribution in [0.1, 0.15) is 68.2 Å². The predicted octanol–water partition coefficient (Wildman–Crippen LogP) is 6.91. The van der Waals surface area contributed by atoms with E-state index in [0.717, 1.165) is 0 Å². The first-order valence-corrected chi connectivity index (χ1v) is 15.5. The molecule has 0 rings (SSSR count). The highest BCUT2D eigenvalue weighted by Gasteiger charge is 2.64. The van der Waals surface area contributed by atoms with Gasteiger partial charge in [-0.3, -0.25) is 0 Å². The lowest BCUT2D eigenvalue weighted by atomic mass is 10.1. The minimum absolute atomic E-state index is 0.0974. The molecule has 0 heterocycles. The van der Waals surface area contributed by atoms with Gasteiger partial charge in [-0.2, -0.15) is 0 Å². The van der Waals surface area contributed by atoms with Crippen LogP contribution in [-0.2, 0) is 28.5 Å². The van der Waals surface area contributed by atoms with E-state index in [1.165, 1.54) is 27.7 Å². The van der Waals surface area contributed by atoms with Gasteiger partial charge in [-0.15, -0.1) is 6.58 Å². The summed E-state index contributed by atoms with van der Waals surface area (Å²) in [5, 5.41) is 4.49. The van der Waals surface area contributed by atoms with Gasteiger partial charge in [-0.25, -0.2) is 19.2 Å². The normalized spacial score (nSPS) is 15.7. The van der Waals surface area contributed by atoms with Crippen LogP contribution in [0.25, 0.3) is 0 Å². The number of carbonyl (C=O) groups excluding carboxylic acids is 4. The Morgan fingerprint density at radius 2 is 1.17 bits per heavy atom. The molecule has 0 aromatic heterocycles. The Hall–Kier alpha value is -2.30. The number of esters is 2. The molecule has 0 saturated carbocycles. The summed E-state index contributed by atoms with van der Waals surface area (Å²) in [6.45, 7) is 16.7. The van der Waals surface area contributed by atoms with Gasteiger partial charge < -0.3 is 29.6 Å². The molecule has 0 aromatic rings. The molecule has 0 aliphatic rings. The molecule has 0 bridgehead atoms. The number of carbonyl (C=O) groups is 4. The van der Waals surface area contributed by atoms with Crippen molar-refractivity contribution in [2.24, 2.45) is 0 Å². The Balaban J connectivity index is 0. The minimum Gasteiger partial charge on any atom is -0.464 e. The number of rotatable bonds is 12. The molecule has 2 N–H and O–H groups in total. The molecule has 17 heteroatoms. The van der Waals surface area contributed by atoms with Gasteiger partial charge >= 0.3 is 24.1 Å². The van der Waals surface area contributed by atoms with Gasteiger partial charge in [0, 0.05) is 4.83 Å². The van der Waals surface area contributed by atoms with Gasteiger partial charge in [0.05, 0.1) is 19.0 Å². The first kappa shape index (κ1) is 40.8. The maximum atomic E-state index is 12.5. The van der Waals surface area contributed by atoms with Crippen molar-refractivity contribution in [1.82, 2.24) is 10.6 Å². The highest BCUT2D eigenvalue weighted by atomic mass is 79.9. The van der Waals surface area contributed by atoms with Gasteiger partial charge in [0.2, 0.25) is 0 Å². The maximum Gasteiger partial charge on any atom is 0.408 e. The first-order chi connectivity index (χ1) is 18.1. The fraction of sp³-hybridized carbons (Fsp3) is 0.750. The third-order valence-electron chi connectivity index (χ3n) is 3.91. The fourth-order valence-electron chi connectivity index (χ4n) is 2.65. The highest BCUT2D eigenvalue weighted by Crippen LogP contribution is 2.98. The topological polar surface area (TPSA) is 129 Å². The molecule has 0 radical (unpaired) electrons. The second kappa shape index (κ2) is 15.3. The SMILES string of the molecule is C=CCC(NC(=O)OC(C)(C)C)C(=O)OCC.CCOC(=O)C(CC(Br)CS(F)(F)(F)(F)F)NC(=O)OC(C)(C)C. The largest absolute Gasteiger partial charge is 0.464 e. The van der Waals surface area contributed by atoms with Crippen LogP contribution in [0.2, 0.25) is 0 Å².